The molecule has 5 heteroatoms. The molecule has 5 nitrogen and oxygen atoms in total. The van der Waals surface area contributed by atoms with Gasteiger partial charge in [-0.2, -0.15) is 5.26 Å². The van der Waals surface area contributed by atoms with Gasteiger partial charge in [0.2, 0.25) is 0 Å². The molecule has 0 fully saturated rings. The van der Waals surface area contributed by atoms with Crippen LogP contribution < -0.4 is 5.32 Å². The van der Waals surface area contributed by atoms with E-state index in [-0.39, 0.29) is 0 Å². The summed E-state index contributed by atoms with van der Waals surface area (Å²) in [5.41, 5.74) is -0.586. The van der Waals surface area contributed by atoms with Gasteiger partial charge in [0.05, 0.1) is 12.1 Å². The summed E-state index contributed by atoms with van der Waals surface area (Å²) in [7, 11) is 0. The van der Waals surface area contributed by atoms with Gasteiger partial charge in [0.25, 0.3) is 0 Å². The highest BCUT2D eigenvalue weighted by Crippen LogP contribution is 2.09. The minimum absolute atomic E-state index is 0.560. The Bertz CT molecular complexity index is 278. The van der Waals surface area contributed by atoms with E-state index in [1.807, 2.05) is 6.92 Å². The maximum absolute atomic E-state index is 11.5. The van der Waals surface area contributed by atoms with Crippen LogP contribution in [0.2, 0.25) is 0 Å². The molecule has 0 radical (unpaired) electrons. The minimum Gasteiger partial charge on any atom is -0.444 e. The van der Waals surface area contributed by atoms with Crippen LogP contribution in [0.3, 0.4) is 0 Å². The SMILES string of the molecule is CCCC[C@H](NC(=O)OC(C)(C)C)[C@@H](O)C#N. The highest BCUT2D eigenvalue weighted by atomic mass is 16.6. The van der Waals surface area contributed by atoms with Gasteiger partial charge < -0.3 is 15.2 Å². The van der Waals surface area contributed by atoms with E-state index in [1.165, 1.54) is 0 Å². The molecule has 0 aromatic heterocycles. The molecule has 2 atom stereocenters. The number of aliphatic hydroxyl groups is 1. The van der Waals surface area contributed by atoms with Gasteiger partial charge in [0, 0.05) is 0 Å². The predicted molar refractivity (Wildman–Crippen MR) is 64.3 cm³/mol. The summed E-state index contributed by atoms with van der Waals surface area (Å²) in [6, 6.07) is 1.15. The maximum atomic E-state index is 11.5. The van der Waals surface area contributed by atoms with Gasteiger partial charge in [-0.15, -0.1) is 0 Å². The smallest absolute Gasteiger partial charge is 0.407 e. The Morgan fingerprint density at radius 2 is 2.12 bits per heavy atom. The molecule has 17 heavy (non-hydrogen) atoms. The summed E-state index contributed by atoms with van der Waals surface area (Å²) in [5.74, 6) is 0. The molecule has 0 aromatic rings. The van der Waals surface area contributed by atoms with Gasteiger partial charge in [-0.25, -0.2) is 4.79 Å². The Labute approximate surface area is 103 Å². The Morgan fingerprint density at radius 1 is 1.53 bits per heavy atom. The largest absolute Gasteiger partial charge is 0.444 e. The second-order valence-corrected chi connectivity index (χ2v) is 4.97. The zero-order chi connectivity index (χ0) is 13.5. The molecule has 0 aliphatic rings. The Balaban J connectivity index is 4.33. The van der Waals surface area contributed by atoms with Crippen LogP contribution in [0.15, 0.2) is 0 Å². The van der Waals surface area contributed by atoms with Crippen molar-refractivity contribution in [3.63, 3.8) is 0 Å². The molecule has 98 valence electrons. The summed E-state index contributed by atoms with van der Waals surface area (Å²) in [6.07, 6.45) is 0.524. The zero-order valence-electron chi connectivity index (χ0n) is 11.0. The van der Waals surface area contributed by atoms with Crippen LogP contribution >= 0.6 is 0 Å². The van der Waals surface area contributed by atoms with Crippen molar-refractivity contribution in [3.8, 4) is 6.07 Å². The second kappa shape index (κ2) is 7.13. The molecule has 0 spiro atoms. The quantitative estimate of drug-likeness (QED) is 0.722. The van der Waals surface area contributed by atoms with Gasteiger partial charge in [0.15, 0.2) is 6.10 Å². The van der Waals surface area contributed by atoms with Crippen molar-refractivity contribution in [2.45, 2.75) is 64.7 Å². The normalized spacial score (nSPS) is 14.6. The fourth-order valence-electron chi connectivity index (χ4n) is 1.28. The molecule has 2 N–H and O–H groups in total. The lowest BCUT2D eigenvalue weighted by molar-refractivity contribution is 0.0452. The molecular formula is C12H22N2O3. The van der Waals surface area contributed by atoms with Crippen molar-refractivity contribution in [2.75, 3.05) is 0 Å². The number of nitrogens with zero attached hydrogens (tertiary/aromatic N) is 1. The van der Waals surface area contributed by atoms with Crippen LogP contribution in [0.1, 0.15) is 47.0 Å². The van der Waals surface area contributed by atoms with Crippen molar-refractivity contribution in [3.05, 3.63) is 0 Å². The van der Waals surface area contributed by atoms with Crippen LogP contribution in [0.25, 0.3) is 0 Å². The van der Waals surface area contributed by atoms with E-state index in [0.717, 1.165) is 12.8 Å². The van der Waals surface area contributed by atoms with Gasteiger partial charge in [-0.1, -0.05) is 19.8 Å². The van der Waals surface area contributed by atoms with Crippen LogP contribution in [0.5, 0.6) is 0 Å². The van der Waals surface area contributed by atoms with Gasteiger partial charge in [-0.05, 0) is 27.2 Å². The lowest BCUT2D eigenvalue weighted by Gasteiger charge is -2.24. The van der Waals surface area contributed by atoms with E-state index in [9.17, 15) is 9.90 Å². The summed E-state index contributed by atoms with van der Waals surface area (Å²) >= 11 is 0. The lowest BCUT2D eigenvalue weighted by Crippen LogP contribution is -2.45. The standard InChI is InChI=1S/C12H22N2O3/c1-5-6-7-9(10(15)8-13)14-11(16)17-12(2,3)4/h9-10,15H,5-7H2,1-4H3,(H,14,16)/t9-,10-/m0/s1. The first-order valence-corrected chi connectivity index (χ1v) is 5.87. The number of amides is 1. The van der Waals surface area contributed by atoms with Crippen molar-refractivity contribution in [2.24, 2.45) is 0 Å². The summed E-state index contributed by atoms with van der Waals surface area (Å²) in [4.78, 5) is 11.5. The number of alkyl carbamates (subject to hydrolysis) is 1. The second-order valence-electron chi connectivity index (χ2n) is 4.97. The van der Waals surface area contributed by atoms with E-state index in [0.29, 0.717) is 6.42 Å². The van der Waals surface area contributed by atoms with Crippen LogP contribution in [-0.4, -0.2) is 28.9 Å². The molecule has 0 aliphatic carbocycles. The predicted octanol–water partition coefficient (Wildman–Crippen LogP) is 1.95. The first-order valence-electron chi connectivity index (χ1n) is 5.87. The van der Waals surface area contributed by atoms with E-state index < -0.39 is 23.8 Å². The van der Waals surface area contributed by atoms with Crippen molar-refractivity contribution >= 4 is 6.09 Å². The number of hydrogen-bond donors (Lipinski definition) is 2. The summed E-state index contributed by atoms with van der Waals surface area (Å²) in [5, 5.41) is 20.6. The third-order valence-electron chi connectivity index (χ3n) is 2.08. The number of carbonyl (C=O) groups is 1. The first-order chi connectivity index (χ1) is 7.80. The lowest BCUT2D eigenvalue weighted by atomic mass is 10.1. The number of nitriles is 1. The Hall–Kier alpha value is -1.28. The van der Waals surface area contributed by atoms with Crippen molar-refractivity contribution in [1.29, 1.82) is 5.26 Å². The molecule has 0 saturated carbocycles. The zero-order valence-corrected chi connectivity index (χ0v) is 11.0. The van der Waals surface area contributed by atoms with E-state index in [1.54, 1.807) is 26.8 Å². The first kappa shape index (κ1) is 15.7. The molecular weight excluding hydrogens is 220 g/mol. The molecule has 0 saturated heterocycles. The number of aliphatic hydroxyl groups excluding tert-OH is 1. The fourth-order valence-corrected chi connectivity index (χ4v) is 1.28. The summed E-state index contributed by atoms with van der Waals surface area (Å²) < 4.78 is 5.07. The number of nitrogens with one attached hydrogen (secondary N) is 1. The highest BCUT2D eigenvalue weighted by Gasteiger charge is 2.23. The Morgan fingerprint density at radius 3 is 2.53 bits per heavy atom. The topological polar surface area (TPSA) is 82.3 Å². The molecule has 1 amide bonds. The van der Waals surface area contributed by atoms with E-state index >= 15 is 0 Å². The van der Waals surface area contributed by atoms with E-state index in [2.05, 4.69) is 5.32 Å². The average molecular weight is 242 g/mol. The van der Waals surface area contributed by atoms with Gasteiger partial charge >= 0.3 is 6.09 Å². The minimum atomic E-state index is -1.20. The number of unbranched alkanes of at least 4 members (excludes halogenated alkanes) is 1. The molecule has 0 heterocycles. The number of ether oxygens (including phenoxy) is 1. The van der Waals surface area contributed by atoms with Crippen LogP contribution in [0, 0.1) is 11.3 Å². The maximum Gasteiger partial charge on any atom is 0.407 e. The summed E-state index contributed by atoms with van der Waals surface area (Å²) in [6.45, 7) is 7.28. The monoisotopic (exact) mass is 242 g/mol. The fraction of sp³-hybridized carbons (Fsp3) is 0.833. The third-order valence-corrected chi connectivity index (χ3v) is 2.08. The van der Waals surface area contributed by atoms with Gasteiger partial charge in [0.1, 0.15) is 5.60 Å². The molecule has 0 aromatic carbocycles. The number of carbonyl (C=O) groups excluding carboxylic acids is 1. The van der Waals surface area contributed by atoms with Crippen LogP contribution in [-0.2, 0) is 4.74 Å². The number of hydrogen-bond acceptors (Lipinski definition) is 4. The molecule has 0 bridgehead atoms. The third kappa shape index (κ3) is 7.58. The highest BCUT2D eigenvalue weighted by molar-refractivity contribution is 5.68. The van der Waals surface area contributed by atoms with E-state index in [4.69, 9.17) is 10.00 Å². The molecule has 0 rings (SSSR count). The van der Waals surface area contributed by atoms with Crippen LogP contribution in [0.4, 0.5) is 4.79 Å². The number of rotatable bonds is 5. The molecule has 0 unspecified atom stereocenters. The van der Waals surface area contributed by atoms with Gasteiger partial charge in [-0.3, -0.25) is 0 Å². The average Bonchev–Trinajstić information content (AvgIpc) is 2.20. The van der Waals surface area contributed by atoms with Crippen molar-refractivity contribution in [1.82, 2.24) is 5.32 Å². The Kier molecular flexibility index (Phi) is 6.59. The molecule has 0 aliphatic heterocycles. The van der Waals surface area contributed by atoms with Crippen molar-refractivity contribution < 1.29 is 14.6 Å².